The smallest absolute Gasteiger partial charge is 0.0166 e. The van der Waals surface area contributed by atoms with E-state index < -0.39 is 0 Å². The second kappa shape index (κ2) is 6.66. The van der Waals surface area contributed by atoms with Gasteiger partial charge >= 0.3 is 0 Å². The van der Waals surface area contributed by atoms with E-state index in [-0.39, 0.29) is 0 Å². The summed E-state index contributed by atoms with van der Waals surface area (Å²) in [5.41, 5.74) is 0. The van der Waals surface area contributed by atoms with Crippen molar-refractivity contribution in [1.82, 2.24) is 0 Å². The van der Waals surface area contributed by atoms with E-state index in [1.165, 1.54) is 0 Å². The molecule has 0 saturated heterocycles. The van der Waals surface area contributed by atoms with Crippen LogP contribution in [-0.2, 0) is 0 Å². The quantitative estimate of drug-likeness (QED) is 0.474. The molecule has 1 aliphatic rings. The SMILES string of the molecule is [CH]1C\C=C/C=C/C=C\C/C=C/C1. The van der Waals surface area contributed by atoms with Crippen LogP contribution in [0.2, 0.25) is 0 Å². The van der Waals surface area contributed by atoms with Gasteiger partial charge in [-0.05, 0) is 25.7 Å². The summed E-state index contributed by atoms with van der Waals surface area (Å²) in [5, 5.41) is 0. The van der Waals surface area contributed by atoms with E-state index in [0.717, 1.165) is 19.3 Å². The maximum atomic E-state index is 2.27. The Bertz CT molecular complexity index is 204. The monoisotopic (exact) mass is 159 g/mol. The first-order chi connectivity index (χ1) is 6.00. The standard InChI is InChI=1S/C12H15/c1-2-4-6-8-10-12-11-9-7-5-3-1/h1-6,9-11H,7-8,12H2/b2-1+,5-3-,6-4-,11-9+. The molecule has 0 bridgehead atoms. The summed E-state index contributed by atoms with van der Waals surface area (Å²) in [4.78, 5) is 0. The minimum Gasteiger partial charge on any atom is -0.0879 e. The average Bonchev–Trinajstić information content (AvgIpc) is 2.05. The highest BCUT2D eigenvalue weighted by atomic mass is 13.9. The van der Waals surface area contributed by atoms with Crippen LogP contribution in [0.3, 0.4) is 0 Å². The molecule has 63 valence electrons. The highest BCUT2D eigenvalue weighted by molar-refractivity contribution is 5.13. The van der Waals surface area contributed by atoms with Crippen molar-refractivity contribution in [3.8, 4) is 0 Å². The Balaban J connectivity index is 2.42. The third kappa shape index (κ3) is 4.73. The van der Waals surface area contributed by atoms with Crippen molar-refractivity contribution in [3.63, 3.8) is 0 Å². The van der Waals surface area contributed by atoms with Crippen molar-refractivity contribution < 1.29 is 0 Å². The molecule has 1 radical (unpaired) electrons. The minimum absolute atomic E-state index is 1.04. The molecule has 0 aromatic rings. The summed E-state index contributed by atoms with van der Waals surface area (Å²) in [6, 6.07) is 0. The van der Waals surface area contributed by atoms with Gasteiger partial charge in [-0.2, -0.15) is 0 Å². The fraction of sp³-hybridized carbons (Fsp3) is 0.250. The number of rotatable bonds is 0. The van der Waals surface area contributed by atoms with E-state index in [1.54, 1.807) is 0 Å². The molecule has 0 amide bonds. The summed E-state index contributed by atoms with van der Waals surface area (Å²) >= 11 is 0. The summed E-state index contributed by atoms with van der Waals surface area (Å²) < 4.78 is 0. The molecular formula is C12H15. The van der Waals surface area contributed by atoms with E-state index in [9.17, 15) is 0 Å². The Morgan fingerprint density at radius 2 is 1.08 bits per heavy atom. The third-order valence-electron chi connectivity index (χ3n) is 1.65. The van der Waals surface area contributed by atoms with Crippen LogP contribution in [0.5, 0.6) is 0 Å². The Labute approximate surface area is 75.0 Å². The molecule has 0 N–H and O–H groups in total. The number of hydrogen-bond donors (Lipinski definition) is 0. The first kappa shape index (κ1) is 9.05. The summed E-state index contributed by atoms with van der Waals surface area (Å²) in [7, 11) is 0. The van der Waals surface area contributed by atoms with Gasteiger partial charge in [0.15, 0.2) is 0 Å². The molecule has 0 nitrogen and oxygen atoms in total. The highest BCUT2D eigenvalue weighted by Crippen LogP contribution is 1.99. The highest BCUT2D eigenvalue weighted by Gasteiger charge is 1.80. The molecule has 0 aromatic heterocycles. The fourth-order valence-corrected chi connectivity index (χ4v) is 1.00. The Kier molecular flexibility index (Phi) is 5.02. The van der Waals surface area contributed by atoms with E-state index >= 15 is 0 Å². The summed E-state index contributed by atoms with van der Waals surface area (Å²) in [6.45, 7) is 0. The zero-order valence-electron chi connectivity index (χ0n) is 7.32. The Morgan fingerprint density at radius 1 is 0.500 bits per heavy atom. The Hall–Kier alpha value is -1.04. The van der Waals surface area contributed by atoms with Crippen LogP contribution in [0.25, 0.3) is 0 Å². The molecule has 0 spiro atoms. The largest absolute Gasteiger partial charge is 0.0879 e. The van der Waals surface area contributed by atoms with Crippen LogP contribution < -0.4 is 0 Å². The minimum atomic E-state index is 1.04. The van der Waals surface area contributed by atoms with Gasteiger partial charge in [0.25, 0.3) is 0 Å². The lowest BCUT2D eigenvalue weighted by atomic mass is 10.2. The predicted octanol–water partition coefficient (Wildman–Crippen LogP) is 3.60. The molecule has 0 aromatic carbocycles. The van der Waals surface area contributed by atoms with Crippen molar-refractivity contribution in [2.24, 2.45) is 0 Å². The van der Waals surface area contributed by atoms with Crippen LogP contribution in [0.1, 0.15) is 19.3 Å². The molecular weight excluding hydrogens is 144 g/mol. The van der Waals surface area contributed by atoms with Gasteiger partial charge in [-0.25, -0.2) is 0 Å². The average molecular weight is 159 g/mol. The maximum Gasteiger partial charge on any atom is -0.0166 e. The fourth-order valence-electron chi connectivity index (χ4n) is 1.00. The van der Waals surface area contributed by atoms with Gasteiger partial charge in [0.1, 0.15) is 0 Å². The molecule has 12 heavy (non-hydrogen) atoms. The third-order valence-corrected chi connectivity index (χ3v) is 1.65. The van der Waals surface area contributed by atoms with Crippen LogP contribution in [0.4, 0.5) is 0 Å². The molecule has 0 atom stereocenters. The second-order valence-electron chi connectivity index (χ2n) is 2.71. The normalized spacial score (nSPS) is 29.3. The topological polar surface area (TPSA) is 0 Å². The van der Waals surface area contributed by atoms with Crippen molar-refractivity contribution in [1.29, 1.82) is 0 Å². The predicted molar refractivity (Wildman–Crippen MR) is 54.7 cm³/mol. The zero-order chi connectivity index (χ0) is 8.49. The van der Waals surface area contributed by atoms with Crippen molar-refractivity contribution >= 4 is 0 Å². The van der Waals surface area contributed by atoms with E-state index in [2.05, 4.69) is 55.0 Å². The molecule has 0 saturated carbocycles. The second-order valence-corrected chi connectivity index (χ2v) is 2.71. The molecule has 0 heteroatoms. The first-order valence-electron chi connectivity index (χ1n) is 4.45. The van der Waals surface area contributed by atoms with Crippen LogP contribution in [0, 0.1) is 6.42 Å². The number of allylic oxidation sites excluding steroid dienone is 8. The van der Waals surface area contributed by atoms with Crippen LogP contribution >= 0.6 is 0 Å². The van der Waals surface area contributed by atoms with Crippen LogP contribution in [0.15, 0.2) is 48.6 Å². The van der Waals surface area contributed by atoms with Gasteiger partial charge in [0, 0.05) is 0 Å². The van der Waals surface area contributed by atoms with Crippen molar-refractivity contribution in [2.45, 2.75) is 19.3 Å². The van der Waals surface area contributed by atoms with E-state index in [1.807, 2.05) is 0 Å². The van der Waals surface area contributed by atoms with Crippen molar-refractivity contribution in [2.75, 3.05) is 0 Å². The zero-order valence-corrected chi connectivity index (χ0v) is 7.32. The lowest BCUT2D eigenvalue weighted by molar-refractivity contribution is 1.10. The maximum absolute atomic E-state index is 2.27. The van der Waals surface area contributed by atoms with Gasteiger partial charge in [0.2, 0.25) is 0 Å². The first-order valence-corrected chi connectivity index (χ1v) is 4.45. The molecule has 1 aliphatic carbocycles. The number of hydrogen-bond acceptors (Lipinski definition) is 0. The van der Waals surface area contributed by atoms with Gasteiger partial charge in [-0.1, -0.05) is 48.6 Å². The molecule has 0 aliphatic heterocycles. The Morgan fingerprint density at radius 3 is 1.92 bits per heavy atom. The lowest BCUT2D eigenvalue weighted by Gasteiger charge is -1.89. The summed E-state index contributed by atoms with van der Waals surface area (Å²) in [5.74, 6) is 0. The summed E-state index contributed by atoms with van der Waals surface area (Å²) in [6.07, 6.45) is 22.5. The lowest BCUT2D eigenvalue weighted by Crippen LogP contribution is -1.71. The van der Waals surface area contributed by atoms with Gasteiger partial charge < -0.3 is 0 Å². The molecule has 0 fully saturated rings. The molecule has 0 unspecified atom stereocenters. The van der Waals surface area contributed by atoms with Gasteiger partial charge in [0.05, 0.1) is 0 Å². The van der Waals surface area contributed by atoms with E-state index in [4.69, 9.17) is 0 Å². The van der Waals surface area contributed by atoms with E-state index in [0.29, 0.717) is 0 Å². The molecule has 1 rings (SSSR count). The van der Waals surface area contributed by atoms with Gasteiger partial charge in [-0.3, -0.25) is 0 Å². The van der Waals surface area contributed by atoms with Gasteiger partial charge in [-0.15, -0.1) is 0 Å². The van der Waals surface area contributed by atoms with Crippen LogP contribution in [-0.4, -0.2) is 0 Å². The van der Waals surface area contributed by atoms with Crippen molar-refractivity contribution in [3.05, 3.63) is 55.0 Å². The molecule has 0 heterocycles.